The van der Waals surface area contributed by atoms with E-state index < -0.39 is 11.7 Å². The zero-order valence-electron chi connectivity index (χ0n) is 16.4. The number of carbonyl (C=O) groups is 3. The van der Waals surface area contributed by atoms with Crippen molar-refractivity contribution in [3.63, 3.8) is 0 Å². The molecule has 0 fully saturated rings. The van der Waals surface area contributed by atoms with Gasteiger partial charge in [0.2, 0.25) is 11.8 Å². The van der Waals surface area contributed by atoms with Crippen LogP contribution in [0.25, 0.3) is 0 Å². The van der Waals surface area contributed by atoms with E-state index in [0.717, 1.165) is 12.0 Å². The number of rotatable bonds is 8. The zero-order chi connectivity index (χ0) is 20.3. The molecule has 148 valence electrons. The quantitative estimate of drug-likeness (QED) is 0.608. The summed E-state index contributed by atoms with van der Waals surface area (Å²) in [6.45, 7) is 7.80. The minimum Gasteiger partial charge on any atom is -0.444 e. The van der Waals surface area contributed by atoms with Crippen LogP contribution in [0, 0.1) is 0 Å². The summed E-state index contributed by atoms with van der Waals surface area (Å²) in [4.78, 5) is 35.1. The first-order valence-electron chi connectivity index (χ1n) is 8.99. The number of benzene rings is 1. The molecule has 0 aliphatic rings. The molecule has 0 aromatic heterocycles. The Bertz CT molecular complexity index is 678. The number of nitrogens with one attached hydrogen (secondary N) is 3. The summed E-state index contributed by atoms with van der Waals surface area (Å²) in [5.41, 5.74) is 0.957. The molecule has 3 amide bonds. The Hall–Kier alpha value is -2.83. The highest BCUT2D eigenvalue weighted by Gasteiger charge is 2.15. The number of hydrogen-bond donors (Lipinski definition) is 3. The summed E-state index contributed by atoms with van der Waals surface area (Å²) in [5, 5.41) is 8.09. The van der Waals surface area contributed by atoms with Gasteiger partial charge < -0.3 is 20.7 Å². The Morgan fingerprint density at radius 3 is 2.56 bits per heavy atom. The molecule has 7 nitrogen and oxygen atoms in total. The average molecular weight is 375 g/mol. The van der Waals surface area contributed by atoms with Crippen molar-refractivity contribution in [1.29, 1.82) is 0 Å². The van der Waals surface area contributed by atoms with Crippen molar-refractivity contribution < 1.29 is 19.1 Å². The zero-order valence-corrected chi connectivity index (χ0v) is 16.4. The molecule has 0 heterocycles. The second-order valence-electron chi connectivity index (χ2n) is 6.96. The van der Waals surface area contributed by atoms with E-state index in [0.29, 0.717) is 12.2 Å². The molecule has 1 rings (SSSR count). The standard InChI is InChI=1S/C20H29N3O4/c1-5-6-10-18(25)23-16-9-7-8-15(13-16)14-22-17(24)11-12-21-19(26)27-20(2,3)4/h6-10,13H,5,11-12,14H2,1-4H3,(H,21,26)(H,22,24)(H,23,25)/b10-6+. The molecule has 0 atom stereocenters. The Labute approximate surface area is 160 Å². The lowest BCUT2D eigenvalue weighted by Gasteiger charge is -2.19. The molecule has 0 unspecified atom stereocenters. The van der Waals surface area contributed by atoms with Crippen molar-refractivity contribution in [1.82, 2.24) is 10.6 Å². The topological polar surface area (TPSA) is 96.5 Å². The van der Waals surface area contributed by atoms with Crippen LogP contribution in [-0.4, -0.2) is 30.1 Å². The molecule has 0 saturated carbocycles. The summed E-state index contributed by atoms with van der Waals surface area (Å²) in [6, 6.07) is 7.26. The van der Waals surface area contributed by atoms with Crippen molar-refractivity contribution in [2.75, 3.05) is 11.9 Å². The highest BCUT2D eigenvalue weighted by atomic mass is 16.6. The highest BCUT2D eigenvalue weighted by molar-refractivity contribution is 5.99. The fourth-order valence-electron chi connectivity index (χ4n) is 2.05. The third-order valence-electron chi connectivity index (χ3n) is 3.21. The van der Waals surface area contributed by atoms with Gasteiger partial charge in [-0.25, -0.2) is 4.79 Å². The summed E-state index contributed by atoms with van der Waals surface area (Å²) in [5.74, 6) is -0.377. The first-order valence-corrected chi connectivity index (χ1v) is 8.99. The summed E-state index contributed by atoms with van der Waals surface area (Å²) in [6.07, 6.45) is 3.67. The van der Waals surface area contributed by atoms with Gasteiger partial charge in [0.05, 0.1) is 0 Å². The van der Waals surface area contributed by atoms with Gasteiger partial charge in [0.25, 0.3) is 0 Å². The highest BCUT2D eigenvalue weighted by Crippen LogP contribution is 2.11. The van der Waals surface area contributed by atoms with Crippen molar-refractivity contribution >= 4 is 23.6 Å². The molecule has 0 saturated heterocycles. The van der Waals surface area contributed by atoms with E-state index in [2.05, 4.69) is 16.0 Å². The number of allylic oxidation sites excluding steroid dienone is 1. The Kier molecular flexibility index (Phi) is 9.05. The second kappa shape index (κ2) is 11.0. The summed E-state index contributed by atoms with van der Waals surface area (Å²) >= 11 is 0. The lowest BCUT2D eigenvalue weighted by molar-refractivity contribution is -0.121. The van der Waals surface area contributed by atoms with E-state index in [1.807, 2.05) is 19.1 Å². The van der Waals surface area contributed by atoms with Crippen molar-refractivity contribution in [3.8, 4) is 0 Å². The fourth-order valence-corrected chi connectivity index (χ4v) is 2.05. The van der Waals surface area contributed by atoms with Gasteiger partial charge in [-0.3, -0.25) is 9.59 Å². The monoisotopic (exact) mass is 375 g/mol. The lowest BCUT2D eigenvalue weighted by atomic mass is 10.2. The minimum atomic E-state index is -0.570. The average Bonchev–Trinajstić information content (AvgIpc) is 2.57. The van der Waals surface area contributed by atoms with E-state index in [-0.39, 0.29) is 24.8 Å². The van der Waals surface area contributed by atoms with Crippen molar-refractivity contribution in [2.45, 2.75) is 52.7 Å². The van der Waals surface area contributed by atoms with Gasteiger partial charge in [-0.05, 0) is 51.0 Å². The summed E-state index contributed by atoms with van der Waals surface area (Å²) in [7, 11) is 0. The molecule has 0 radical (unpaired) electrons. The van der Waals surface area contributed by atoms with Crippen LogP contribution in [0.15, 0.2) is 36.4 Å². The molecular formula is C20H29N3O4. The number of hydrogen-bond acceptors (Lipinski definition) is 4. The minimum absolute atomic E-state index is 0.150. The van der Waals surface area contributed by atoms with Crippen LogP contribution in [0.1, 0.15) is 46.1 Å². The summed E-state index contributed by atoms with van der Waals surface area (Å²) < 4.78 is 5.10. The Morgan fingerprint density at radius 2 is 1.89 bits per heavy atom. The number of carbonyl (C=O) groups excluding carboxylic acids is 3. The number of alkyl carbamates (subject to hydrolysis) is 1. The van der Waals surface area contributed by atoms with Crippen LogP contribution in [0.3, 0.4) is 0 Å². The van der Waals surface area contributed by atoms with E-state index >= 15 is 0 Å². The van der Waals surface area contributed by atoms with E-state index in [1.54, 1.807) is 39.0 Å². The van der Waals surface area contributed by atoms with Gasteiger partial charge in [-0.15, -0.1) is 0 Å². The molecule has 0 bridgehead atoms. The van der Waals surface area contributed by atoms with Gasteiger partial charge in [0.15, 0.2) is 0 Å². The fraction of sp³-hybridized carbons (Fsp3) is 0.450. The van der Waals surface area contributed by atoms with E-state index in [1.165, 1.54) is 6.08 Å². The molecule has 1 aromatic rings. The van der Waals surface area contributed by atoms with Gasteiger partial charge in [-0.2, -0.15) is 0 Å². The smallest absolute Gasteiger partial charge is 0.407 e. The van der Waals surface area contributed by atoms with Gasteiger partial charge in [0, 0.05) is 25.2 Å². The van der Waals surface area contributed by atoms with E-state index in [9.17, 15) is 14.4 Å². The van der Waals surface area contributed by atoms with Crippen LogP contribution < -0.4 is 16.0 Å². The molecule has 7 heteroatoms. The molecule has 1 aromatic carbocycles. The number of ether oxygens (including phenoxy) is 1. The van der Waals surface area contributed by atoms with Crippen LogP contribution in [-0.2, 0) is 20.9 Å². The number of anilines is 1. The van der Waals surface area contributed by atoms with Gasteiger partial charge >= 0.3 is 6.09 Å². The maximum atomic E-state index is 11.9. The van der Waals surface area contributed by atoms with Crippen molar-refractivity contribution in [3.05, 3.63) is 42.0 Å². The van der Waals surface area contributed by atoms with Crippen LogP contribution in [0.2, 0.25) is 0 Å². The number of amides is 3. The normalized spacial score (nSPS) is 11.1. The van der Waals surface area contributed by atoms with Crippen molar-refractivity contribution in [2.24, 2.45) is 0 Å². The molecular weight excluding hydrogens is 346 g/mol. The predicted octanol–water partition coefficient (Wildman–Crippen LogP) is 3.12. The Morgan fingerprint density at radius 1 is 1.15 bits per heavy atom. The molecule has 0 aliphatic carbocycles. The first-order chi connectivity index (χ1) is 12.7. The maximum Gasteiger partial charge on any atom is 0.407 e. The van der Waals surface area contributed by atoms with Gasteiger partial charge in [-0.1, -0.05) is 25.1 Å². The van der Waals surface area contributed by atoms with E-state index in [4.69, 9.17) is 4.74 Å². The second-order valence-corrected chi connectivity index (χ2v) is 6.96. The predicted molar refractivity (Wildman–Crippen MR) is 105 cm³/mol. The van der Waals surface area contributed by atoms with Gasteiger partial charge in [0.1, 0.15) is 5.60 Å². The van der Waals surface area contributed by atoms with Crippen LogP contribution in [0.4, 0.5) is 10.5 Å². The SMILES string of the molecule is CC/C=C/C(=O)Nc1cccc(CNC(=O)CCNC(=O)OC(C)(C)C)c1. The molecule has 3 N–H and O–H groups in total. The molecule has 0 spiro atoms. The molecule has 27 heavy (non-hydrogen) atoms. The third-order valence-corrected chi connectivity index (χ3v) is 3.21. The maximum absolute atomic E-state index is 11.9. The largest absolute Gasteiger partial charge is 0.444 e. The van der Waals surface area contributed by atoms with Crippen LogP contribution in [0.5, 0.6) is 0 Å². The third kappa shape index (κ3) is 10.7. The lowest BCUT2D eigenvalue weighted by Crippen LogP contribution is -2.35. The van der Waals surface area contributed by atoms with Crippen LogP contribution >= 0.6 is 0 Å². The first kappa shape index (κ1) is 22.2. The Balaban J connectivity index is 2.37. The molecule has 0 aliphatic heterocycles.